The molecule has 21 heavy (non-hydrogen) atoms. The highest BCUT2D eigenvalue weighted by Gasteiger charge is 2.20. The number of benzene rings is 1. The van der Waals surface area contributed by atoms with Crippen LogP contribution in [0.5, 0.6) is 0 Å². The lowest BCUT2D eigenvalue weighted by Crippen LogP contribution is -2.26. The smallest absolute Gasteiger partial charge is 0.242 e. The van der Waals surface area contributed by atoms with Gasteiger partial charge in [0.1, 0.15) is 4.90 Å². The Balaban J connectivity index is 2.87. The largest absolute Gasteiger partial charge is 0.382 e. The molecule has 0 heterocycles. The molecule has 0 saturated heterocycles. The second kappa shape index (κ2) is 8.92. The Kier molecular flexibility index (Phi) is 7.94. The van der Waals surface area contributed by atoms with Gasteiger partial charge in [0.25, 0.3) is 0 Å². The van der Waals surface area contributed by atoms with Gasteiger partial charge in [-0.05, 0) is 38.1 Å². The number of halogens is 2. The Hall–Kier alpha value is -0.370. The minimum Gasteiger partial charge on any atom is -0.382 e. The summed E-state index contributed by atoms with van der Waals surface area (Å²) in [7, 11) is -1.94. The summed E-state index contributed by atoms with van der Waals surface area (Å²) in [6, 6.07) is 3.00. The monoisotopic (exact) mass is 354 g/mol. The summed E-state index contributed by atoms with van der Waals surface area (Å²) in [5, 5.41) is 3.44. The van der Waals surface area contributed by atoms with Crippen LogP contribution in [0.1, 0.15) is 18.9 Å². The van der Waals surface area contributed by atoms with Crippen molar-refractivity contribution in [3.63, 3.8) is 0 Å². The fourth-order valence-corrected chi connectivity index (χ4v) is 3.74. The van der Waals surface area contributed by atoms with Crippen LogP contribution < -0.4 is 10.0 Å². The molecule has 0 spiro atoms. The van der Waals surface area contributed by atoms with Gasteiger partial charge in [-0.25, -0.2) is 13.1 Å². The minimum absolute atomic E-state index is 0.00155. The van der Waals surface area contributed by atoms with Crippen LogP contribution in [-0.2, 0) is 21.3 Å². The standard InChI is InChI=1S/C13H20Cl2N2O3S/c1-3-20-6-4-5-17-21(18,19)12-8-11(14)7-10(9-16-2)13(12)15/h7-8,16-17H,3-6,9H2,1-2H3. The molecule has 0 aromatic heterocycles. The first-order valence-corrected chi connectivity index (χ1v) is 8.86. The topological polar surface area (TPSA) is 67.4 Å². The Morgan fingerprint density at radius 2 is 2.00 bits per heavy atom. The van der Waals surface area contributed by atoms with Crippen molar-refractivity contribution < 1.29 is 13.2 Å². The van der Waals surface area contributed by atoms with E-state index in [0.29, 0.717) is 36.8 Å². The first kappa shape index (κ1) is 18.7. The van der Waals surface area contributed by atoms with Gasteiger partial charge in [-0.2, -0.15) is 0 Å². The fraction of sp³-hybridized carbons (Fsp3) is 0.538. The number of hydrogen-bond acceptors (Lipinski definition) is 4. The Morgan fingerprint density at radius 3 is 2.62 bits per heavy atom. The van der Waals surface area contributed by atoms with Crippen molar-refractivity contribution in [1.29, 1.82) is 0 Å². The molecule has 0 radical (unpaired) electrons. The Bertz CT molecular complexity index is 565. The Morgan fingerprint density at radius 1 is 1.29 bits per heavy atom. The third kappa shape index (κ3) is 5.73. The molecule has 0 bridgehead atoms. The van der Waals surface area contributed by atoms with Gasteiger partial charge in [0.2, 0.25) is 10.0 Å². The van der Waals surface area contributed by atoms with Gasteiger partial charge >= 0.3 is 0 Å². The van der Waals surface area contributed by atoms with Gasteiger partial charge in [-0.15, -0.1) is 0 Å². The molecule has 0 aliphatic carbocycles. The first-order valence-electron chi connectivity index (χ1n) is 6.62. The third-order valence-corrected chi connectivity index (χ3v) is 4.96. The third-order valence-electron chi connectivity index (χ3n) is 2.70. The molecule has 5 nitrogen and oxygen atoms in total. The molecule has 120 valence electrons. The van der Waals surface area contributed by atoms with Gasteiger partial charge in [-0.3, -0.25) is 0 Å². The molecular formula is C13H20Cl2N2O3S. The average Bonchev–Trinajstić information content (AvgIpc) is 2.42. The lowest BCUT2D eigenvalue weighted by atomic mass is 10.2. The lowest BCUT2D eigenvalue weighted by Gasteiger charge is -2.12. The van der Waals surface area contributed by atoms with E-state index in [4.69, 9.17) is 27.9 Å². The van der Waals surface area contributed by atoms with Crippen molar-refractivity contribution in [3.05, 3.63) is 27.7 Å². The number of nitrogens with one attached hydrogen (secondary N) is 2. The summed E-state index contributed by atoms with van der Waals surface area (Å²) in [6.07, 6.45) is 0.592. The fourth-order valence-electron chi connectivity index (χ4n) is 1.74. The quantitative estimate of drug-likeness (QED) is 0.668. The normalized spacial score (nSPS) is 11.8. The summed E-state index contributed by atoms with van der Waals surface area (Å²) in [6.45, 7) is 3.73. The predicted molar refractivity (Wildman–Crippen MR) is 85.5 cm³/mol. The molecule has 2 N–H and O–H groups in total. The molecule has 0 saturated carbocycles. The number of ether oxygens (including phenoxy) is 1. The number of sulfonamides is 1. The van der Waals surface area contributed by atoms with E-state index in [1.54, 1.807) is 13.1 Å². The molecule has 1 aromatic carbocycles. The van der Waals surface area contributed by atoms with E-state index in [2.05, 4.69) is 10.0 Å². The van der Waals surface area contributed by atoms with Crippen LogP contribution in [0.3, 0.4) is 0 Å². The van der Waals surface area contributed by atoms with Gasteiger partial charge in [-0.1, -0.05) is 23.2 Å². The van der Waals surface area contributed by atoms with E-state index in [9.17, 15) is 8.42 Å². The lowest BCUT2D eigenvalue weighted by molar-refractivity contribution is 0.146. The Labute approximate surface area is 136 Å². The predicted octanol–water partition coefficient (Wildman–Crippen LogP) is 2.42. The molecule has 0 unspecified atom stereocenters. The number of rotatable bonds is 9. The maximum atomic E-state index is 12.3. The number of hydrogen-bond donors (Lipinski definition) is 2. The van der Waals surface area contributed by atoms with Crippen LogP contribution in [0.15, 0.2) is 17.0 Å². The van der Waals surface area contributed by atoms with Gasteiger partial charge in [0, 0.05) is 31.3 Å². The summed E-state index contributed by atoms with van der Waals surface area (Å²) < 4.78 is 32.2. The van der Waals surface area contributed by atoms with Crippen LogP contribution in [0.2, 0.25) is 10.0 Å². The molecular weight excluding hydrogens is 335 g/mol. The molecule has 0 fully saturated rings. The first-order chi connectivity index (χ1) is 9.92. The maximum absolute atomic E-state index is 12.3. The van der Waals surface area contributed by atoms with Crippen molar-refractivity contribution in [1.82, 2.24) is 10.0 Å². The van der Waals surface area contributed by atoms with Crippen molar-refractivity contribution in [2.24, 2.45) is 0 Å². The van der Waals surface area contributed by atoms with Gasteiger partial charge in [0.05, 0.1) is 5.02 Å². The molecule has 1 rings (SSSR count). The maximum Gasteiger partial charge on any atom is 0.242 e. The van der Waals surface area contributed by atoms with Crippen LogP contribution in [0.4, 0.5) is 0 Å². The molecule has 1 aromatic rings. The van der Waals surface area contributed by atoms with E-state index < -0.39 is 10.0 Å². The second-order valence-electron chi connectivity index (χ2n) is 4.36. The molecule has 0 amide bonds. The van der Waals surface area contributed by atoms with Crippen LogP contribution in [0.25, 0.3) is 0 Å². The van der Waals surface area contributed by atoms with E-state index in [1.807, 2.05) is 6.92 Å². The highest BCUT2D eigenvalue weighted by Crippen LogP contribution is 2.29. The SMILES string of the molecule is CCOCCCNS(=O)(=O)c1cc(Cl)cc(CNC)c1Cl. The molecule has 0 aliphatic rings. The van der Waals surface area contributed by atoms with Crippen LogP contribution >= 0.6 is 23.2 Å². The summed E-state index contributed by atoms with van der Waals surface area (Å²) >= 11 is 12.1. The van der Waals surface area contributed by atoms with E-state index in [0.717, 1.165) is 0 Å². The van der Waals surface area contributed by atoms with Crippen LogP contribution in [-0.4, -0.2) is 35.2 Å². The van der Waals surface area contributed by atoms with Gasteiger partial charge < -0.3 is 10.1 Å². The van der Waals surface area contributed by atoms with Crippen molar-refractivity contribution in [3.8, 4) is 0 Å². The zero-order chi connectivity index (χ0) is 15.9. The highest BCUT2D eigenvalue weighted by atomic mass is 35.5. The van der Waals surface area contributed by atoms with Crippen molar-refractivity contribution in [2.45, 2.75) is 24.8 Å². The van der Waals surface area contributed by atoms with E-state index in [1.165, 1.54) is 6.07 Å². The second-order valence-corrected chi connectivity index (χ2v) is 6.91. The summed E-state index contributed by atoms with van der Waals surface area (Å²) in [5.41, 5.74) is 0.640. The zero-order valence-electron chi connectivity index (χ0n) is 12.1. The molecule has 0 atom stereocenters. The highest BCUT2D eigenvalue weighted by molar-refractivity contribution is 7.89. The summed E-state index contributed by atoms with van der Waals surface area (Å²) in [5.74, 6) is 0. The average molecular weight is 355 g/mol. The van der Waals surface area contributed by atoms with Gasteiger partial charge in [0.15, 0.2) is 0 Å². The zero-order valence-corrected chi connectivity index (χ0v) is 14.4. The van der Waals surface area contributed by atoms with Crippen molar-refractivity contribution >= 4 is 33.2 Å². The summed E-state index contributed by atoms with van der Waals surface area (Å²) in [4.78, 5) is -0.00155. The molecule has 0 aliphatic heterocycles. The molecule has 8 heteroatoms. The van der Waals surface area contributed by atoms with E-state index >= 15 is 0 Å². The minimum atomic E-state index is -3.69. The van der Waals surface area contributed by atoms with E-state index in [-0.39, 0.29) is 16.5 Å². The van der Waals surface area contributed by atoms with Crippen molar-refractivity contribution in [2.75, 3.05) is 26.8 Å². The van der Waals surface area contributed by atoms with Crippen LogP contribution in [0, 0.1) is 0 Å².